The van der Waals surface area contributed by atoms with Crippen LogP contribution < -0.4 is 10.1 Å². The van der Waals surface area contributed by atoms with Crippen LogP contribution in [0.15, 0.2) is 18.6 Å². The second-order valence-corrected chi connectivity index (χ2v) is 4.32. The fourth-order valence-electron chi connectivity index (χ4n) is 1.55. The third kappa shape index (κ3) is 3.12. The second-order valence-electron chi connectivity index (χ2n) is 4.32. The van der Waals surface area contributed by atoms with Crippen molar-refractivity contribution in [3.8, 4) is 5.88 Å². The van der Waals surface area contributed by atoms with E-state index in [0.717, 1.165) is 13.3 Å². The molecule has 1 N–H and O–H groups in total. The van der Waals surface area contributed by atoms with Crippen molar-refractivity contribution in [2.75, 3.05) is 11.9 Å². The number of fused-ring (bicyclic) bond motifs is 1. The minimum absolute atomic E-state index is 0.138. The Labute approximate surface area is 113 Å². The van der Waals surface area contributed by atoms with Gasteiger partial charge in [-0.05, 0) is 13.3 Å². The molecule has 110 valence electrons. The van der Waals surface area contributed by atoms with E-state index in [0.29, 0.717) is 12.4 Å². The number of alkyl halides is 3. The number of halogens is 3. The highest BCUT2D eigenvalue weighted by Gasteiger charge is 2.38. The lowest BCUT2D eigenvalue weighted by Crippen LogP contribution is -2.31. The molecule has 0 aromatic carbocycles. The Morgan fingerprint density at radius 1 is 1.45 bits per heavy atom. The summed E-state index contributed by atoms with van der Waals surface area (Å²) in [5.41, 5.74) is 0.253. The lowest BCUT2D eigenvalue weighted by atomic mass is 10.4. The van der Waals surface area contributed by atoms with Crippen molar-refractivity contribution in [1.82, 2.24) is 14.4 Å². The van der Waals surface area contributed by atoms with E-state index >= 15 is 0 Å². The van der Waals surface area contributed by atoms with Gasteiger partial charge in [0.1, 0.15) is 5.82 Å². The Bertz CT molecular complexity index is 582. The van der Waals surface area contributed by atoms with Crippen molar-refractivity contribution in [3.05, 3.63) is 18.6 Å². The van der Waals surface area contributed by atoms with E-state index in [4.69, 9.17) is 4.74 Å². The summed E-state index contributed by atoms with van der Waals surface area (Å²) in [5, 5.41) is 3.01. The molecule has 0 amide bonds. The van der Waals surface area contributed by atoms with Crippen LogP contribution in [0.1, 0.15) is 20.3 Å². The van der Waals surface area contributed by atoms with E-state index in [-0.39, 0.29) is 11.5 Å². The van der Waals surface area contributed by atoms with Crippen molar-refractivity contribution in [2.24, 2.45) is 0 Å². The molecule has 0 spiro atoms. The monoisotopic (exact) mass is 288 g/mol. The van der Waals surface area contributed by atoms with E-state index in [9.17, 15) is 13.2 Å². The summed E-state index contributed by atoms with van der Waals surface area (Å²) in [4.78, 5) is 8.00. The molecule has 1 atom stereocenters. The SMILES string of the molecule is CCCNc1cn2ccnc2c(OC(C)C(F)(F)F)n1. The number of hydrogen-bond donors (Lipinski definition) is 1. The number of rotatable bonds is 5. The predicted molar refractivity (Wildman–Crippen MR) is 67.9 cm³/mol. The average molecular weight is 288 g/mol. The number of hydrogen-bond acceptors (Lipinski definition) is 4. The van der Waals surface area contributed by atoms with Gasteiger partial charge in [0, 0.05) is 18.9 Å². The molecule has 2 heterocycles. The zero-order valence-electron chi connectivity index (χ0n) is 11.1. The molecule has 0 saturated heterocycles. The molecule has 5 nitrogen and oxygen atoms in total. The standard InChI is InChI=1S/C12H15F3N4O/c1-3-4-16-9-7-19-6-5-17-10(19)11(18-9)20-8(2)12(13,14)15/h5-8,16H,3-4H2,1-2H3. The van der Waals surface area contributed by atoms with Crippen LogP contribution in [0.2, 0.25) is 0 Å². The summed E-state index contributed by atoms with van der Waals surface area (Å²) in [6, 6.07) is 0. The van der Waals surface area contributed by atoms with Crippen molar-refractivity contribution >= 4 is 11.5 Å². The smallest absolute Gasteiger partial charge is 0.425 e. The molecule has 2 rings (SSSR count). The molecule has 8 heteroatoms. The molecule has 0 bridgehead atoms. The highest BCUT2D eigenvalue weighted by molar-refractivity contribution is 5.53. The zero-order valence-corrected chi connectivity index (χ0v) is 11.1. The average Bonchev–Trinajstić information content (AvgIpc) is 2.83. The first-order chi connectivity index (χ1) is 9.41. The number of imidazole rings is 1. The lowest BCUT2D eigenvalue weighted by molar-refractivity contribution is -0.189. The number of anilines is 1. The first kappa shape index (κ1) is 14.4. The number of ether oxygens (including phenoxy) is 1. The zero-order chi connectivity index (χ0) is 14.8. The van der Waals surface area contributed by atoms with Gasteiger partial charge in [0.15, 0.2) is 6.10 Å². The highest BCUT2D eigenvalue weighted by atomic mass is 19.4. The topological polar surface area (TPSA) is 51.5 Å². The summed E-state index contributed by atoms with van der Waals surface area (Å²) in [7, 11) is 0. The van der Waals surface area contributed by atoms with Crippen molar-refractivity contribution in [2.45, 2.75) is 32.5 Å². The molecule has 2 aromatic heterocycles. The Hall–Kier alpha value is -1.99. The van der Waals surface area contributed by atoms with Crippen LogP contribution in [0, 0.1) is 0 Å². The van der Waals surface area contributed by atoms with E-state index in [1.807, 2.05) is 6.92 Å². The van der Waals surface area contributed by atoms with Gasteiger partial charge in [-0.25, -0.2) is 4.98 Å². The molecule has 20 heavy (non-hydrogen) atoms. The summed E-state index contributed by atoms with van der Waals surface area (Å²) in [6.07, 6.45) is -0.762. The van der Waals surface area contributed by atoms with E-state index in [1.165, 1.54) is 6.20 Å². The highest BCUT2D eigenvalue weighted by Crippen LogP contribution is 2.26. The predicted octanol–water partition coefficient (Wildman–Crippen LogP) is 2.88. The van der Waals surface area contributed by atoms with E-state index < -0.39 is 12.3 Å². The number of nitrogens with one attached hydrogen (secondary N) is 1. The van der Waals surface area contributed by atoms with Gasteiger partial charge in [0.05, 0.1) is 6.20 Å². The lowest BCUT2D eigenvalue weighted by Gasteiger charge is -2.17. The number of aromatic nitrogens is 3. The third-order valence-corrected chi connectivity index (χ3v) is 2.65. The second kappa shape index (κ2) is 5.56. The summed E-state index contributed by atoms with van der Waals surface area (Å²) < 4.78 is 44.2. The van der Waals surface area contributed by atoms with Gasteiger partial charge >= 0.3 is 6.18 Å². The first-order valence-electron chi connectivity index (χ1n) is 6.22. The fraction of sp³-hybridized carbons (Fsp3) is 0.500. The molecule has 0 saturated carbocycles. The molecule has 2 aromatic rings. The van der Waals surface area contributed by atoms with Crippen LogP contribution in [0.4, 0.5) is 19.0 Å². The van der Waals surface area contributed by atoms with Crippen LogP contribution in [0.3, 0.4) is 0 Å². The van der Waals surface area contributed by atoms with Crippen LogP contribution in [0.5, 0.6) is 5.88 Å². The van der Waals surface area contributed by atoms with Crippen LogP contribution in [-0.4, -0.2) is 33.2 Å². The van der Waals surface area contributed by atoms with Gasteiger partial charge < -0.3 is 10.1 Å². The maximum atomic E-state index is 12.6. The molecule has 0 aliphatic carbocycles. The van der Waals surface area contributed by atoms with Crippen LogP contribution in [0.25, 0.3) is 5.65 Å². The summed E-state index contributed by atoms with van der Waals surface area (Å²) in [6.45, 7) is 3.58. The minimum atomic E-state index is -4.45. The quantitative estimate of drug-likeness (QED) is 0.919. The molecule has 0 aliphatic rings. The van der Waals surface area contributed by atoms with Gasteiger partial charge in [-0.2, -0.15) is 18.2 Å². The van der Waals surface area contributed by atoms with Gasteiger partial charge in [-0.3, -0.25) is 4.40 Å². The largest absolute Gasteiger partial charge is 0.462 e. The minimum Gasteiger partial charge on any atom is -0.462 e. The maximum absolute atomic E-state index is 12.6. The summed E-state index contributed by atoms with van der Waals surface area (Å²) in [5.74, 6) is 0.308. The van der Waals surface area contributed by atoms with E-state index in [2.05, 4.69) is 15.3 Å². The normalized spacial score (nSPS) is 13.4. The summed E-state index contributed by atoms with van der Waals surface area (Å²) >= 11 is 0. The fourth-order valence-corrected chi connectivity index (χ4v) is 1.55. The Kier molecular flexibility index (Phi) is 4.01. The molecule has 0 fully saturated rings. The van der Waals surface area contributed by atoms with Crippen molar-refractivity contribution in [1.29, 1.82) is 0 Å². The molecule has 1 unspecified atom stereocenters. The van der Waals surface area contributed by atoms with Crippen LogP contribution >= 0.6 is 0 Å². The molecular formula is C12H15F3N4O. The van der Waals surface area contributed by atoms with Gasteiger partial charge in [0.2, 0.25) is 5.65 Å². The van der Waals surface area contributed by atoms with Gasteiger partial charge in [-0.15, -0.1) is 0 Å². The van der Waals surface area contributed by atoms with Gasteiger partial charge in [0.25, 0.3) is 5.88 Å². The third-order valence-electron chi connectivity index (χ3n) is 2.65. The molecule has 0 radical (unpaired) electrons. The Morgan fingerprint density at radius 3 is 2.85 bits per heavy atom. The number of nitrogens with zero attached hydrogens (tertiary/aromatic N) is 3. The van der Waals surface area contributed by atoms with Gasteiger partial charge in [-0.1, -0.05) is 6.92 Å². The van der Waals surface area contributed by atoms with Crippen molar-refractivity contribution in [3.63, 3.8) is 0 Å². The van der Waals surface area contributed by atoms with E-state index in [1.54, 1.807) is 16.8 Å². The first-order valence-corrected chi connectivity index (χ1v) is 6.22. The maximum Gasteiger partial charge on any atom is 0.425 e. The van der Waals surface area contributed by atoms with Crippen molar-refractivity contribution < 1.29 is 17.9 Å². The molecular weight excluding hydrogens is 273 g/mol. The Balaban J connectivity index is 2.32. The Morgan fingerprint density at radius 2 is 2.20 bits per heavy atom. The molecule has 0 aliphatic heterocycles. The van der Waals surface area contributed by atoms with Crippen LogP contribution in [-0.2, 0) is 0 Å².